The van der Waals surface area contributed by atoms with Crippen LogP contribution in [0.5, 0.6) is 0 Å². The molecule has 0 spiro atoms. The fourth-order valence-corrected chi connectivity index (χ4v) is 4.22. The van der Waals surface area contributed by atoms with Crippen LogP contribution in [0.2, 0.25) is 0 Å². The standard InChI is InChI=1S/C16H32N2/c1-4-5-14-6-7-15(17)16(11-14)18-9-8-12(2)10-13(18)3/h12-16H,4-11,17H2,1-3H3. The molecule has 0 aromatic heterocycles. The third-order valence-electron chi connectivity index (χ3n) is 5.29. The van der Waals surface area contributed by atoms with Crippen molar-refractivity contribution in [3.8, 4) is 0 Å². The normalized spacial score (nSPS) is 43.0. The maximum absolute atomic E-state index is 6.42. The molecule has 0 radical (unpaired) electrons. The Morgan fingerprint density at radius 1 is 1.11 bits per heavy atom. The molecule has 0 bridgehead atoms. The van der Waals surface area contributed by atoms with Gasteiger partial charge in [0.25, 0.3) is 0 Å². The number of hydrogen-bond acceptors (Lipinski definition) is 2. The number of likely N-dealkylation sites (tertiary alicyclic amines) is 1. The zero-order chi connectivity index (χ0) is 13.1. The topological polar surface area (TPSA) is 29.3 Å². The van der Waals surface area contributed by atoms with Crippen LogP contribution in [0.1, 0.15) is 65.7 Å². The molecular weight excluding hydrogens is 220 g/mol. The van der Waals surface area contributed by atoms with Crippen molar-refractivity contribution >= 4 is 0 Å². The van der Waals surface area contributed by atoms with E-state index >= 15 is 0 Å². The maximum Gasteiger partial charge on any atom is 0.0252 e. The summed E-state index contributed by atoms with van der Waals surface area (Å²) < 4.78 is 0. The first-order valence-corrected chi connectivity index (χ1v) is 8.13. The van der Waals surface area contributed by atoms with Gasteiger partial charge in [0.05, 0.1) is 0 Å². The Morgan fingerprint density at radius 2 is 1.89 bits per heavy atom. The summed E-state index contributed by atoms with van der Waals surface area (Å²) in [4.78, 5) is 2.74. The molecule has 0 amide bonds. The second-order valence-corrected chi connectivity index (χ2v) is 6.92. The van der Waals surface area contributed by atoms with Gasteiger partial charge in [0, 0.05) is 18.1 Å². The van der Waals surface area contributed by atoms with E-state index in [2.05, 4.69) is 25.7 Å². The summed E-state index contributed by atoms with van der Waals surface area (Å²) in [6.45, 7) is 8.40. The summed E-state index contributed by atoms with van der Waals surface area (Å²) in [7, 11) is 0. The van der Waals surface area contributed by atoms with E-state index in [-0.39, 0.29) is 0 Å². The molecule has 2 nitrogen and oxygen atoms in total. The van der Waals surface area contributed by atoms with Gasteiger partial charge in [0.15, 0.2) is 0 Å². The van der Waals surface area contributed by atoms with Gasteiger partial charge in [0.2, 0.25) is 0 Å². The van der Waals surface area contributed by atoms with Crippen molar-refractivity contribution in [2.75, 3.05) is 6.54 Å². The highest BCUT2D eigenvalue weighted by atomic mass is 15.2. The van der Waals surface area contributed by atoms with E-state index in [1.165, 1.54) is 51.5 Å². The number of piperidine rings is 1. The molecule has 5 atom stereocenters. The van der Waals surface area contributed by atoms with Gasteiger partial charge in [-0.2, -0.15) is 0 Å². The van der Waals surface area contributed by atoms with E-state index in [9.17, 15) is 0 Å². The first-order valence-electron chi connectivity index (χ1n) is 8.13. The van der Waals surface area contributed by atoms with E-state index in [1.807, 2.05) is 0 Å². The average Bonchev–Trinajstić information content (AvgIpc) is 2.33. The molecule has 106 valence electrons. The fraction of sp³-hybridized carbons (Fsp3) is 1.00. The van der Waals surface area contributed by atoms with Gasteiger partial charge in [-0.3, -0.25) is 4.90 Å². The lowest BCUT2D eigenvalue weighted by Gasteiger charge is -2.47. The van der Waals surface area contributed by atoms with Crippen molar-refractivity contribution in [1.29, 1.82) is 0 Å². The monoisotopic (exact) mass is 252 g/mol. The molecule has 1 saturated carbocycles. The Kier molecular flexibility index (Phi) is 5.08. The number of nitrogens with zero attached hydrogens (tertiary/aromatic N) is 1. The lowest BCUT2D eigenvalue weighted by molar-refractivity contribution is 0.0375. The Morgan fingerprint density at radius 3 is 2.56 bits per heavy atom. The van der Waals surface area contributed by atoms with Gasteiger partial charge in [-0.1, -0.05) is 26.7 Å². The maximum atomic E-state index is 6.42. The molecule has 5 unspecified atom stereocenters. The van der Waals surface area contributed by atoms with E-state index in [1.54, 1.807) is 0 Å². The summed E-state index contributed by atoms with van der Waals surface area (Å²) in [5.41, 5.74) is 6.42. The minimum Gasteiger partial charge on any atom is -0.326 e. The molecule has 1 saturated heterocycles. The van der Waals surface area contributed by atoms with E-state index in [0.717, 1.165) is 17.9 Å². The predicted molar refractivity (Wildman–Crippen MR) is 78.6 cm³/mol. The molecule has 2 aliphatic rings. The molecule has 1 heterocycles. The minimum absolute atomic E-state index is 0.425. The van der Waals surface area contributed by atoms with Gasteiger partial charge in [-0.15, -0.1) is 0 Å². The zero-order valence-electron chi connectivity index (χ0n) is 12.6. The summed E-state index contributed by atoms with van der Waals surface area (Å²) >= 11 is 0. The van der Waals surface area contributed by atoms with Crippen LogP contribution >= 0.6 is 0 Å². The molecule has 1 aliphatic carbocycles. The lowest BCUT2D eigenvalue weighted by atomic mass is 9.78. The van der Waals surface area contributed by atoms with Crippen molar-refractivity contribution in [2.45, 2.75) is 83.8 Å². The first-order chi connectivity index (χ1) is 8.61. The second kappa shape index (κ2) is 6.38. The quantitative estimate of drug-likeness (QED) is 0.834. The number of rotatable bonds is 3. The molecule has 18 heavy (non-hydrogen) atoms. The molecule has 1 aliphatic heterocycles. The van der Waals surface area contributed by atoms with Crippen LogP contribution < -0.4 is 5.73 Å². The third-order valence-corrected chi connectivity index (χ3v) is 5.29. The second-order valence-electron chi connectivity index (χ2n) is 6.92. The lowest BCUT2D eigenvalue weighted by Crippen LogP contribution is -2.56. The van der Waals surface area contributed by atoms with Crippen LogP contribution in [0.15, 0.2) is 0 Å². The molecule has 2 heteroatoms. The Labute approximate surface area is 113 Å². The van der Waals surface area contributed by atoms with Crippen LogP contribution in [0.25, 0.3) is 0 Å². The van der Waals surface area contributed by atoms with Gasteiger partial charge < -0.3 is 5.73 Å². The van der Waals surface area contributed by atoms with Crippen molar-refractivity contribution < 1.29 is 0 Å². The van der Waals surface area contributed by atoms with Crippen molar-refractivity contribution in [3.63, 3.8) is 0 Å². The molecular formula is C16H32N2. The fourth-order valence-electron chi connectivity index (χ4n) is 4.22. The van der Waals surface area contributed by atoms with Gasteiger partial charge in [0.1, 0.15) is 0 Å². The number of nitrogens with two attached hydrogens (primary N) is 1. The van der Waals surface area contributed by atoms with Crippen molar-refractivity contribution in [1.82, 2.24) is 4.90 Å². The average molecular weight is 252 g/mol. The summed E-state index contributed by atoms with van der Waals surface area (Å²) in [6, 6.07) is 1.83. The highest BCUT2D eigenvalue weighted by Gasteiger charge is 2.36. The number of hydrogen-bond donors (Lipinski definition) is 1. The van der Waals surface area contributed by atoms with Gasteiger partial charge in [-0.05, 0) is 57.4 Å². The molecule has 2 rings (SSSR count). The Balaban J connectivity index is 1.96. The molecule has 2 fully saturated rings. The molecule has 0 aromatic carbocycles. The van der Waals surface area contributed by atoms with E-state index in [0.29, 0.717) is 12.1 Å². The van der Waals surface area contributed by atoms with Crippen molar-refractivity contribution in [3.05, 3.63) is 0 Å². The molecule has 2 N–H and O–H groups in total. The van der Waals surface area contributed by atoms with Crippen LogP contribution in [-0.4, -0.2) is 29.6 Å². The SMILES string of the molecule is CCCC1CCC(N)C(N2CCC(C)CC2C)C1. The highest BCUT2D eigenvalue weighted by Crippen LogP contribution is 2.34. The van der Waals surface area contributed by atoms with Crippen LogP contribution in [0.3, 0.4) is 0 Å². The van der Waals surface area contributed by atoms with Crippen molar-refractivity contribution in [2.24, 2.45) is 17.6 Å². The van der Waals surface area contributed by atoms with Crippen LogP contribution in [-0.2, 0) is 0 Å². The summed E-state index contributed by atoms with van der Waals surface area (Å²) in [5.74, 6) is 1.84. The Hall–Kier alpha value is -0.0800. The minimum atomic E-state index is 0.425. The first kappa shape index (κ1) is 14.3. The van der Waals surface area contributed by atoms with Crippen LogP contribution in [0, 0.1) is 11.8 Å². The Bertz CT molecular complexity index is 253. The highest BCUT2D eigenvalue weighted by molar-refractivity contribution is 4.93. The largest absolute Gasteiger partial charge is 0.326 e. The molecule has 0 aromatic rings. The smallest absolute Gasteiger partial charge is 0.0252 e. The van der Waals surface area contributed by atoms with Gasteiger partial charge in [-0.25, -0.2) is 0 Å². The van der Waals surface area contributed by atoms with Crippen LogP contribution in [0.4, 0.5) is 0 Å². The van der Waals surface area contributed by atoms with E-state index in [4.69, 9.17) is 5.73 Å². The summed E-state index contributed by atoms with van der Waals surface area (Å²) in [5, 5.41) is 0. The predicted octanol–water partition coefficient (Wildman–Crippen LogP) is 3.40. The van der Waals surface area contributed by atoms with E-state index < -0.39 is 0 Å². The van der Waals surface area contributed by atoms with Gasteiger partial charge >= 0.3 is 0 Å². The zero-order valence-corrected chi connectivity index (χ0v) is 12.6. The third kappa shape index (κ3) is 3.27. The summed E-state index contributed by atoms with van der Waals surface area (Å²) in [6.07, 6.45) is 9.43.